The van der Waals surface area contributed by atoms with Crippen LogP contribution in [0.5, 0.6) is 0 Å². The summed E-state index contributed by atoms with van der Waals surface area (Å²) in [4.78, 5) is 28.3. The van der Waals surface area contributed by atoms with E-state index in [4.69, 9.17) is 0 Å². The van der Waals surface area contributed by atoms with Gasteiger partial charge in [-0.2, -0.15) is 5.10 Å². The largest absolute Gasteiger partial charge is 0.351 e. The van der Waals surface area contributed by atoms with Crippen LogP contribution in [0.25, 0.3) is 16.6 Å². The second kappa shape index (κ2) is 8.60. The first-order chi connectivity index (χ1) is 14.5. The summed E-state index contributed by atoms with van der Waals surface area (Å²) in [6, 6.07) is 9.78. The van der Waals surface area contributed by atoms with Crippen molar-refractivity contribution in [2.45, 2.75) is 52.6 Å². The fourth-order valence-corrected chi connectivity index (χ4v) is 4.34. The number of para-hydroxylation sites is 2. The SMILES string of the molecule is CC(C)Cn1c(=O)c2cc(C(=O)NCC[C@H](C)N3CCCC3)nn2c2ccccc21. The molecule has 1 fully saturated rings. The summed E-state index contributed by atoms with van der Waals surface area (Å²) in [5.41, 5.74) is 2.27. The number of hydrogen-bond donors (Lipinski definition) is 1. The summed E-state index contributed by atoms with van der Waals surface area (Å²) in [7, 11) is 0. The number of benzene rings is 1. The first-order valence-corrected chi connectivity index (χ1v) is 11.0. The maximum atomic E-state index is 13.1. The maximum absolute atomic E-state index is 13.1. The van der Waals surface area contributed by atoms with Gasteiger partial charge in [0.25, 0.3) is 11.5 Å². The van der Waals surface area contributed by atoms with Gasteiger partial charge in [0, 0.05) is 25.2 Å². The molecule has 1 aliphatic rings. The normalized spacial score (nSPS) is 16.0. The highest BCUT2D eigenvalue weighted by molar-refractivity contribution is 5.94. The molecule has 2 aromatic heterocycles. The zero-order chi connectivity index (χ0) is 21.3. The molecule has 0 saturated carbocycles. The number of nitrogens with zero attached hydrogens (tertiary/aromatic N) is 4. The molecule has 1 N–H and O–H groups in total. The van der Waals surface area contributed by atoms with Crippen LogP contribution in [0.3, 0.4) is 0 Å². The molecule has 0 aliphatic carbocycles. The molecule has 30 heavy (non-hydrogen) atoms. The number of nitrogens with one attached hydrogen (secondary N) is 1. The lowest BCUT2D eigenvalue weighted by Crippen LogP contribution is -2.34. The Morgan fingerprint density at radius 3 is 2.50 bits per heavy atom. The van der Waals surface area contributed by atoms with E-state index in [9.17, 15) is 9.59 Å². The van der Waals surface area contributed by atoms with Crippen LogP contribution < -0.4 is 10.9 Å². The van der Waals surface area contributed by atoms with E-state index >= 15 is 0 Å². The number of rotatable bonds is 7. The Kier molecular flexibility index (Phi) is 5.90. The van der Waals surface area contributed by atoms with E-state index in [1.807, 2.05) is 24.3 Å². The Labute approximate surface area is 176 Å². The Balaban J connectivity index is 1.58. The predicted molar refractivity (Wildman–Crippen MR) is 119 cm³/mol. The van der Waals surface area contributed by atoms with Crippen molar-refractivity contribution in [1.82, 2.24) is 24.4 Å². The van der Waals surface area contributed by atoms with Gasteiger partial charge < -0.3 is 14.8 Å². The highest BCUT2D eigenvalue weighted by Gasteiger charge is 2.20. The molecule has 0 spiro atoms. The van der Waals surface area contributed by atoms with Crippen molar-refractivity contribution >= 4 is 22.5 Å². The van der Waals surface area contributed by atoms with E-state index < -0.39 is 0 Å². The Morgan fingerprint density at radius 2 is 1.80 bits per heavy atom. The van der Waals surface area contributed by atoms with Gasteiger partial charge in [0.15, 0.2) is 5.69 Å². The van der Waals surface area contributed by atoms with Gasteiger partial charge in [0.2, 0.25) is 0 Å². The molecule has 1 saturated heterocycles. The third kappa shape index (κ3) is 3.99. The minimum Gasteiger partial charge on any atom is -0.351 e. The smallest absolute Gasteiger partial charge is 0.277 e. The average molecular weight is 410 g/mol. The third-order valence-corrected chi connectivity index (χ3v) is 5.97. The lowest BCUT2D eigenvalue weighted by molar-refractivity contribution is 0.0944. The number of amides is 1. The van der Waals surface area contributed by atoms with E-state index in [1.54, 1.807) is 15.1 Å². The van der Waals surface area contributed by atoms with Crippen LogP contribution in [0.1, 0.15) is 50.5 Å². The molecule has 1 atom stereocenters. The summed E-state index contributed by atoms with van der Waals surface area (Å²) in [5, 5.41) is 7.46. The van der Waals surface area contributed by atoms with Crippen molar-refractivity contribution in [3.8, 4) is 0 Å². The fourth-order valence-electron chi connectivity index (χ4n) is 4.34. The molecule has 7 nitrogen and oxygen atoms in total. The Morgan fingerprint density at radius 1 is 1.10 bits per heavy atom. The van der Waals surface area contributed by atoms with E-state index in [0.29, 0.717) is 30.6 Å². The fraction of sp³-hybridized carbons (Fsp3) is 0.522. The zero-order valence-electron chi connectivity index (χ0n) is 18.1. The zero-order valence-corrected chi connectivity index (χ0v) is 18.1. The molecular weight excluding hydrogens is 378 g/mol. The number of carbonyl (C=O) groups is 1. The number of carbonyl (C=O) groups excluding carboxylic acids is 1. The Bertz CT molecular complexity index is 1110. The van der Waals surface area contributed by atoms with E-state index in [0.717, 1.165) is 30.5 Å². The summed E-state index contributed by atoms with van der Waals surface area (Å²) in [6.07, 6.45) is 3.43. The van der Waals surface area contributed by atoms with Crippen LogP contribution in [0.2, 0.25) is 0 Å². The van der Waals surface area contributed by atoms with Gasteiger partial charge in [0.1, 0.15) is 5.52 Å². The minimum absolute atomic E-state index is 0.114. The van der Waals surface area contributed by atoms with Crippen LogP contribution >= 0.6 is 0 Å². The van der Waals surface area contributed by atoms with Crippen molar-refractivity contribution in [3.05, 3.63) is 46.4 Å². The summed E-state index contributed by atoms with van der Waals surface area (Å²) in [6.45, 7) is 9.91. The topological polar surface area (TPSA) is 71.6 Å². The summed E-state index contributed by atoms with van der Waals surface area (Å²) >= 11 is 0. The van der Waals surface area contributed by atoms with E-state index in [2.05, 4.69) is 36.1 Å². The summed E-state index contributed by atoms with van der Waals surface area (Å²) in [5.74, 6) is 0.100. The number of fused-ring (bicyclic) bond motifs is 3. The molecule has 3 aromatic rings. The molecule has 7 heteroatoms. The van der Waals surface area contributed by atoms with Crippen LogP contribution in [0.4, 0.5) is 0 Å². The van der Waals surface area contributed by atoms with Crippen molar-refractivity contribution in [2.24, 2.45) is 5.92 Å². The van der Waals surface area contributed by atoms with Crippen LogP contribution in [-0.4, -0.2) is 50.7 Å². The monoisotopic (exact) mass is 409 g/mol. The van der Waals surface area contributed by atoms with Gasteiger partial charge in [-0.05, 0) is 57.3 Å². The average Bonchev–Trinajstić information content (AvgIpc) is 3.41. The molecule has 0 unspecified atom stereocenters. The van der Waals surface area contributed by atoms with Crippen molar-refractivity contribution in [3.63, 3.8) is 0 Å². The quantitative estimate of drug-likeness (QED) is 0.651. The lowest BCUT2D eigenvalue weighted by atomic mass is 10.2. The highest BCUT2D eigenvalue weighted by Crippen LogP contribution is 2.17. The van der Waals surface area contributed by atoms with Crippen molar-refractivity contribution in [1.29, 1.82) is 0 Å². The molecular formula is C23H31N5O2. The number of likely N-dealkylation sites (tertiary alicyclic amines) is 1. The molecule has 1 aromatic carbocycles. The summed E-state index contributed by atoms with van der Waals surface area (Å²) < 4.78 is 3.40. The third-order valence-electron chi connectivity index (χ3n) is 5.97. The second-order valence-corrected chi connectivity index (χ2v) is 8.76. The minimum atomic E-state index is -0.230. The van der Waals surface area contributed by atoms with Gasteiger partial charge in [-0.1, -0.05) is 26.0 Å². The number of hydrogen-bond acceptors (Lipinski definition) is 4. The van der Waals surface area contributed by atoms with Crippen molar-refractivity contribution in [2.75, 3.05) is 19.6 Å². The molecule has 4 rings (SSSR count). The first kappa shape index (κ1) is 20.6. The van der Waals surface area contributed by atoms with Crippen LogP contribution in [0, 0.1) is 5.92 Å². The van der Waals surface area contributed by atoms with E-state index in [1.165, 1.54) is 12.8 Å². The lowest BCUT2D eigenvalue weighted by Gasteiger charge is -2.23. The van der Waals surface area contributed by atoms with E-state index in [-0.39, 0.29) is 17.2 Å². The van der Waals surface area contributed by atoms with Gasteiger partial charge in [-0.3, -0.25) is 9.59 Å². The first-order valence-electron chi connectivity index (χ1n) is 11.0. The van der Waals surface area contributed by atoms with Gasteiger partial charge >= 0.3 is 0 Å². The highest BCUT2D eigenvalue weighted by atomic mass is 16.2. The van der Waals surface area contributed by atoms with Gasteiger partial charge in [-0.15, -0.1) is 0 Å². The van der Waals surface area contributed by atoms with Crippen LogP contribution in [-0.2, 0) is 6.54 Å². The van der Waals surface area contributed by atoms with Gasteiger partial charge in [-0.25, -0.2) is 4.52 Å². The van der Waals surface area contributed by atoms with Crippen LogP contribution in [0.15, 0.2) is 35.1 Å². The predicted octanol–water partition coefficient (Wildman–Crippen LogP) is 2.91. The molecule has 3 heterocycles. The molecule has 0 radical (unpaired) electrons. The number of aromatic nitrogens is 3. The molecule has 1 aliphatic heterocycles. The molecule has 1 amide bonds. The van der Waals surface area contributed by atoms with Gasteiger partial charge in [0.05, 0.1) is 11.0 Å². The van der Waals surface area contributed by atoms with Crippen molar-refractivity contribution < 1.29 is 4.79 Å². The second-order valence-electron chi connectivity index (χ2n) is 8.76. The Hall–Kier alpha value is -2.67. The molecule has 0 bridgehead atoms. The molecule has 160 valence electrons. The standard InChI is InChI=1S/C23H31N5O2/c1-16(2)15-27-19-8-4-5-9-20(19)28-21(23(27)30)14-18(25-28)22(29)24-11-10-17(3)26-12-6-7-13-26/h4-5,8-9,14,16-17H,6-7,10-13,15H2,1-3H3,(H,24,29)/t17-/m0/s1. The maximum Gasteiger partial charge on any atom is 0.277 e.